The number of fused-ring (bicyclic) bond motifs is 1. The van der Waals surface area contributed by atoms with Crippen molar-refractivity contribution < 1.29 is 23.8 Å². The van der Waals surface area contributed by atoms with Gasteiger partial charge in [-0.2, -0.15) is 0 Å². The number of carbonyl (C=O) groups excluding carboxylic acids is 2. The van der Waals surface area contributed by atoms with Gasteiger partial charge in [0.2, 0.25) is 5.91 Å². The van der Waals surface area contributed by atoms with Crippen molar-refractivity contribution in [1.29, 1.82) is 0 Å². The normalized spacial score (nSPS) is 16.6. The number of ether oxygens (including phenoxy) is 1. The van der Waals surface area contributed by atoms with Crippen molar-refractivity contribution in [2.75, 3.05) is 38.0 Å². The van der Waals surface area contributed by atoms with Gasteiger partial charge < -0.3 is 29.8 Å². The van der Waals surface area contributed by atoms with E-state index >= 15 is 0 Å². The molecule has 2 aromatic heterocycles. The molecule has 0 spiro atoms. The van der Waals surface area contributed by atoms with Gasteiger partial charge in [0.05, 0.1) is 11.8 Å². The van der Waals surface area contributed by atoms with Crippen molar-refractivity contribution in [3.8, 4) is 5.75 Å². The number of rotatable bonds is 10. The molecule has 12 heteroatoms. The molecule has 218 valence electrons. The first-order valence-corrected chi connectivity index (χ1v) is 14.0. The van der Waals surface area contributed by atoms with Crippen LogP contribution in [0.5, 0.6) is 5.75 Å². The number of aliphatic hydroxyl groups is 1. The largest absolute Gasteiger partial charge is 0.486 e. The summed E-state index contributed by atoms with van der Waals surface area (Å²) in [5.74, 6) is 1.80. The lowest BCUT2D eigenvalue weighted by atomic mass is 9.99. The molecule has 5 rings (SSSR count). The number of nitrogens with one attached hydrogen (secondary N) is 2. The molecule has 1 saturated heterocycles. The molecule has 1 atom stereocenters. The maximum absolute atomic E-state index is 12.7. The number of anilines is 1. The number of amides is 2. The Hall–Kier alpha value is -4.03. The second kappa shape index (κ2) is 13.1. The van der Waals surface area contributed by atoms with Crippen molar-refractivity contribution in [2.24, 2.45) is 0 Å². The first-order valence-electron chi connectivity index (χ1n) is 14.0. The van der Waals surface area contributed by atoms with E-state index in [9.17, 15) is 14.7 Å². The molecular formula is C29H37N7O5. The molecule has 0 radical (unpaired) electrons. The number of aromatic nitrogens is 3. The van der Waals surface area contributed by atoms with E-state index < -0.39 is 6.10 Å². The van der Waals surface area contributed by atoms with E-state index in [1.807, 2.05) is 17.9 Å². The molecule has 3 N–H and O–H groups in total. The molecule has 2 aliphatic rings. The van der Waals surface area contributed by atoms with E-state index in [2.05, 4.69) is 42.6 Å². The Kier molecular flexibility index (Phi) is 9.10. The average molecular weight is 564 g/mol. The van der Waals surface area contributed by atoms with Gasteiger partial charge in [-0.25, -0.2) is 15.0 Å². The molecule has 0 unspecified atom stereocenters. The highest BCUT2D eigenvalue weighted by atomic mass is 16.5. The van der Waals surface area contributed by atoms with Crippen molar-refractivity contribution in [3.63, 3.8) is 0 Å². The van der Waals surface area contributed by atoms with Crippen LogP contribution in [0.25, 0.3) is 0 Å². The minimum Gasteiger partial charge on any atom is -0.486 e. The van der Waals surface area contributed by atoms with Crippen LogP contribution in [0.2, 0.25) is 0 Å². The van der Waals surface area contributed by atoms with Gasteiger partial charge in [-0.1, -0.05) is 6.07 Å². The Labute approximate surface area is 239 Å². The summed E-state index contributed by atoms with van der Waals surface area (Å²) in [6, 6.07) is 7.87. The summed E-state index contributed by atoms with van der Waals surface area (Å²) in [6.07, 6.45) is 4.53. The smallest absolute Gasteiger partial charge is 0.270 e. The summed E-state index contributed by atoms with van der Waals surface area (Å²) in [5, 5.41) is 16.8. The Balaban J connectivity index is 1.05. The number of hydrogen-bond acceptors (Lipinski definition) is 10. The summed E-state index contributed by atoms with van der Waals surface area (Å²) in [5.41, 5.74) is 3.49. The molecular weight excluding hydrogens is 526 g/mol. The third kappa shape index (κ3) is 7.59. The van der Waals surface area contributed by atoms with E-state index in [0.29, 0.717) is 38.6 Å². The Morgan fingerprint density at radius 1 is 1.15 bits per heavy atom. The predicted molar refractivity (Wildman–Crippen MR) is 150 cm³/mol. The van der Waals surface area contributed by atoms with Gasteiger partial charge in [-0.05, 0) is 49.4 Å². The molecule has 3 aromatic rings. The fraction of sp³-hybridized carbons (Fsp3) is 0.483. The SMILES string of the molecule is CC(=O)N1CCC(Nc2cc(C(=O)NC[C@@H](O)CN3CCc4cc(OCc5ocnc5C)ccc4C3)ncn2)CC1. The molecule has 1 fully saturated rings. The topological polar surface area (TPSA) is 146 Å². The molecule has 12 nitrogen and oxygen atoms in total. The summed E-state index contributed by atoms with van der Waals surface area (Å²) >= 11 is 0. The van der Waals surface area contributed by atoms with Gasteiger partial charge in [-0.3, -0.25) is 14.5 Å². The number of carbonyl (C=O) groups is 2. The number of aryl methyl sites for hydroxylation is 1. The number of β-amino-alcohol motifs (C(OH)–C–C–N with tert-alkyl or cyclic N) is 1. The molecule has 0 bridgehead atoms. The van der Waals surface area contributed by atoms with Gasteiger partial charge in [0.25, 0.3) is 5.91 Å². The summed E-state index contributed by atoms with van der Waals surface area (Å²) in [6.45, 7) is 7.29. The van der Waals surface area contributed by atoms with Crippen molar-refractivity contribution in [2.45, 2.75) is 58.4 Å². The van der Waals surface area contributed by atoms with Gasteiger partial charge >= 0.3 is 0 Å². The zero-order valence-corrected chi connectivity index (χ0v) is 23.5. The molecule has 0 aliphatic carbocycles. The van der Waals surface area contributed by atoms with Crippen LogP contribution in [-0.2, 0) is 24.4 Å². The van der Waals surface area contributed by atoms with Crippen LogP contribution in [-0.4, -0.2) is 86.5 Å². The number of nitrogens with zero attached hydrogens (tertiary/aromatic N) is 5. The number of aliphatic hydroxyl groups excluding tert-OH is 1. The number of benzene rings is 1. The van der Waals surface area contributed by atoms with Crippen LogP contribution >= 0.6 is 0 Å². The molecule has 2 aliphatic heterocycles. The van der Waals surface area contributed by atoms with Crippen LogP contribution in [0.3, 0.4) is 0 Å². The fourth-order valence-electron chi connectivity index (χ4n) is 5.22. The zero-order valence-electron chi connectivity index (χ0n) is 23.5. The second-order valence-corrected chi connectivity index (χ2v) is 10.6. The fourth-order valence-corrected chi connectivity index (χ4v) is 5.22. The molecule has 41 heavy (non-hydrogen) atoms. The predicted octanol–water partition coefficient (Wildman–Crippen LogP) is 1.92. The number of piperidine rings is 1. The summed E-state index contributed by atoms with van der Waals surface area (Å²) < 4.78 is 11.2. The number of hydrogen-bond donors (Lipinski definition) is 3. The highest BCUT2D eigenvalue weighted by Gasteiger charge is 2.22. The van der Waals surface area contributed by atoms with Gasteiger partial charge in [0.1, 0.15) is 30.2 Å². The molecule has 0 saturated carbocycles. The highest BCUT2D eigenvalue weighted by Crippen LogP contribution is 2.25. The summed E-state index contributed by atoms with van der Waals surface area (Å²) in [7, 11) is 0. The monoisotopic (exact) mass is 563 g/mol. The van der Waals surface area contributed by atoms with Crippen molar-refractivity contribution in [3.05, 3.63) is 65.3 Å². The third-order valence-corrected chi connectivity index (χ3v) is 7.64. The van der Waals surface area contributed by atoms with Crippen LogP contribution < -0.4 is 15.4 Å². The Morgan fingerprint density at radius 3 is 2.73 bits per heavy atom. The maximum atomic E-state index is 12.7. The van der Waals surface area contributed by atoms with Crippen LogP contribution in [0.1, 0.15) is 52.8 Å². The minimum atomic E-state index is -0.723. The van der Waals surface area contributed by atoms with Gasteiger partial charge in [0, 0.05) is 58.3 Å². The van der Waals surface area contributed by atoms with Crippen molar-refractivity contribution in [1.82, 2.24) is 30.1 Å². The quantitative estimate of drug-likeness (QED) is 0.334. The van der Waals surface area contributed by atoms with Crippen LogP contribution in [0.4, 0.5) is 5.82 Å². The number of oxazole rings is 1. The zero-order chi connectivity index (χ0) is 28.8. The Bertz CT molecular complexity index is 1350. The van der Waals surface area contributed by atoms with E-state index in [1.165, 1.54) is 23.8 Å². The van der Waals surface area contributed by atoms with E-state index in [1.54, 1.807) is 13.0 Å². The van der Waals surface area contributed by atoms with E-state index in [4.69, 9.17) is 9.15 Å². The lowest BCUT2D eigenvalue weighted by molar-refractivity contribution is -0.129. The standard InChI is InChI=1S/C29H37N7O5/c1-19-27(41-18-33-19)16-40-25-4-3-22-14-35(8-5-21(22)11-25)15-24(38)13-30-29(39)26-12-28(32-17-31-26)34-23-6-9-36(10-7-23)20(2)37/h3-4,11-12,17-18,23-24,38H,5-10,13-16H2,1-2H3,(H,30,39)(H,31,32,34)/t24-/m1/s1. The van der Waals surface area contributed by atoms with E-state index in [0.717, 1.165) is 43.0 Å². The minimum absolute atomic E-state index is 0.0895. The maximum Gasteiger partial charge on any atom is 0.270 e. The first-order chi connectivity index (χ1) is 19.8. The molecule has 1 aromatic carbocycles. The lowest BCUT2D eigenvalue weighted by Gasteiger charge is -2.31. The third-order valence-electron chi connectivity index (χ3n) is 7.64. The Morgan fingerprint density at radius 2 is 1.98 bits per heavy atom. The highest BCUT2D eigenvalue weighted by molar-refractivity contribution is 5.92. The van der Waals surface area contributed by atoms with Crippen LogP contribution in [0, 0.1) is 6.92 Å². The van der Waals surface area contributed by atoms with E-state index in [-0.39, 0.29) is 30.1 Å². The van der Waals surface area contributed by atoms with Crippen molar-refractivity contribution >= 4 is 17.6 Å². The first kappa shape index (κ1) is 28.5. The van der Waals surface area contributed by atoms with Gasteiger partial charge in [-0.15, -0.1) is 0 Å². The van der Waals surface area contributed by atoms with Gasteiger partial charge in [0.15, 0.2) is 12.2 Å². The van der Waals surface area contributed by atoms with Crippen LogP contribution in [0.15, 0.2) is 41.4 Å². The average Bonchev–Trinajstić information content (AvgIpc) is 3.39. The molecule has 4 heterocycles. The number of likely N-dealkylation sites (tertiary alicyclic amines) is 1. The lowest BCUT2D eigenvalue weighted by Crippen LogP contribution is -2.42. The molecule has 2 amide bonds. The second-order valence-electron chi connectivity index (χ2n) is 10.6. The summed E-state index contributed by atoms with van der Waals surface area (Å²) in [4.78, 5) is 40.7.